The summed E-state index contributed by atoms with van der Waals surface area (Å²) in [6, 6.07) is 0. The molecule has 2 rings (SSSR count). The number of nitrogens with two attached hydrogens (primary N) is 1. The minimum atomic E-state index is -0.620. The number of hydrogen-bond acceptors (Lipinski definition) is 7. The fraction of sp³-hybridized carbons (Fsp3) is 0. The molecule has 0 spiro atoms. The molecular formula is C7H6ClN7O2. The Morgan fingerprint density at radius 1 is 1.53 bits per heavy atom. The molecule has 10 heteroatoms. The van der Waals surface area contributed by atoms with E-state index >= 15 is 0 Å². The van der Waals surface area contributed by atoms with Crippen LogP contribution in [0.4, 0.5) is 11.6 Å². The van der Waals surface area contributed by atoms with Crippen molar-refractivity contribution in [2.75, 3.05) is 5.43 Å². The summed E-state index contributed by atoms with van der Waals surface area (Å²) in [6.07, 6.45) is 3.76. The van der Waals surface area contributed by atoms with Gasteiger partial charge in [0.15, 0.2) is 0 Å². The highest BCUT2D eigenvalue weighted by atomic mass is 35.5. The van der Waals surface area contributed by atoms with E-state index in [0.717, 1.165) is 6.20 Å². The second-order valence-electron chi connectivity index (χ2n) is 2.91. The van der Waals surface area contributed by atoms with E-state index in [1.165, 1.54) is 17.1 Å². The lowest BCUT2D eigenvalue weighted by Gasteiger charge is -2.03. The molecule has 9 nitrogen and oxygen atoms in total. The molecule has 2 aromatic heterocycles. The van der Waals surface area contributed by atoms with E-state index in [0.29, 0.717) is 5.02 Å². The van der Waals surface area contributed by atoms with Crippen LogP contribution in [0.2, 0.25) is 5.02 Å². The number of nitrogens with zero attached hydrogens (tertiary/aromatic N) is 5. The van der Waals surface area contributed by atoms with Crippen LogP contribution in [-0.4, -0.2) is 24.7 Å². The molecule has 0 saturated carbocycles. The molecule has 0 atom stereocenters. The highest BCUT2D eigenvalue weighted by Gasteiger charge is 2.19. The van der Waals surface area contributed by atoms with E-state index in [9.17, 15) is 10.1 Å². The van der Waals surface area contributed by atoms with Gasteiger partial charge in [-0.1, -0.05) is 11.6 Å². The number of nitro groups is 1. The summed E-state index contributed by atoms with van der Waals surface area (Å²) in [5.74, 6) is 5.14. The molecule has 0 fully saturated rings. The smallest absolute Gasteiger partial charge is 0.292 e. The third kappa shape index (κ3) is 2.14. The number of halogens is 1. The summed E-state index contributed by atoms with van der Waals surface area (Å²) in [4.78, 5) is 17.7. The quantitative estimate of drug-likeness (QED) is 0.465. The van der Waals surface area contributed by atoms with Crippen molar-refractivity contribution in [1.29, 1.82) is 0 Å². The van der Waals surface area contributed by atoms with Gasteiger partial charge in [-0.3, -0.25) is 15.5 Å². The lowest BCUT2D eigenvalue weighted by molar-refractivity contribution is -0.385. The van der Waals surface area contributed by atoms with E-state index in [4.69, 9.17) is 17.4 Å². The van der Waals surface area contributed by atoms with Crippen LogP contribution in [0.25, 0.3) is 5.82 Å². The van der Waals surface area contributed by atoms with Crippen molar-refractivity contribution in [3.05, 3.63) is 33.7 Å². The van der Waals surface area contributed by atoms with Crippen LogP contribution in [0.3, 0.4) is 0 Å². The number of rotatable bonds is 3. The first-order valence-electron chi connectivity index (χ1n) is 4.30. The van der Waals surface area contributed by atoms with Crippen LogP contribution in [0, 0.1) is 10.1 Å². The van der Waals surface area contributed by atoms with Gasteiger partial charge in [-0.15, -0.1) is 0 Å². The fourth-order valence-corrected chi connectivity index (χ4v) is 1.29. The third-order valence-electron chi connectivity index (χ3n) is 1.84. The Morgan fingerprint density at radius 3 is 2.82 bits per heavy atom. The Kier molecular flexibility index (Phi) is 2.85. The number of aromatic nitrogens is 4. The van der Waals surface area contributed by atoms with Crippen molar-refractivity contribution in [2.45, 2.75) is 0 Å². The Bertz CT molecular complexity index is 569. The first-order valence-corrected chi connectivity index (χ1v) is 4.68. The largest absolute Gasteiger partial charge is 0.332 e. The zero-order valence-corrected chi connectivity index (χ0v) is 9.00. The van der Waals surface area contributed by atoms with Gasteiger partial charge in [0.2, 0.25) is 11.8 Å². The van der Waals surface area contributed by atoms with Crippen LogP contribution >= 0.6 is 11.6 Å². The van der Waals surface area contributed by atoms with Crippen molar-refractivity contribution in [1.82, 2.24) is 19.7 Å². The predicted molar refractivity (Wildman–Crippen MR) is 58.6 cm³/mol. The molecule has 2 aromatic rings. The maximum absolute atomic E-state index is 10.8. The first-order chi connectivity index (χ1) is 8.11. The van der Waals surface area contributed by atoms with Crippen LogP contribution in [0.15, 0.2) is 18.6 Å². The van der Waals surface area contributed by atoms with Gasteiger partial charge < -0.3 is 0 Å². The second kappa shape index (κ2) is 4.31. The van der Waals surface area contributed by atoms with E-state index in [-0.39, 0.29) is 17.5 Å². The normalized spacial score (nSPS) is 10.2. The zero-order chi connectivity index (χ0) is 12.4. The van der Waals surface area contributed by atoms with E-state index in [1.807, 2.05) is 0 Å². The van der Waals surface area contributed by atoms with Crippen molar-refractivity contribution in [2.24, 2.45) is 5.84 Å². The summed E-state index contributed by atoms with van der Waals surface area (Å²) in [7, 11) is 0. The van der Waals surface area contributed by atoms with E-state index in [2.05, 4.69) is 20.5 Å². The summed E-state index contributed by atoms with van der Waals surface area (Å²) >= 11 is 5.68. The van der Waals surface area contributed by atoms with Crippen LogP contribution in [-0.2, 0) is 0 Å². The van der Waals surface area contributed by atoms with Gasteiger partial charge in [-0.2, -0.15) is 10.1 Å². The van der Waals surface area contributed by atoms with Crippen LogP contribution in [0.1, 0.15) is 0 Å². The van der Waals surface area contributed by atoms with Gasteiger partial charge >= 0.3 is 5.69 Å². The van der Waals surface area contributed by atoms with Gasteiger partial charge in [-0.05, 0) is 0 Å². The number of nitrogens with one attached hydrogen (secondary N) is 1. The molecule has 0 aliphatic heterocycles. The van der Waals surface area contributed by atoms with E-state index in [1.54, 1.807) is 0 Å². The average molecular weight is 256 g/mol. The molecule has 0 amide bonds. The maximum atomic E-state index is 10.8. The molecule has 3 N–H and O–H groups in total. The zero-order valence-electron chi connectivity index (χ0n) is 8.24. The molecule has 88 valence electrons. The number of hydrazine groups is 1. The van der Waals surface area contributed by atoms with Crippen LogP contribution in [0.5, 0.6) is 0 Å². The SMILES string of the molecule is NNc1ncc([N+](=O)[O-])c(-n2cc(Cl)cn2)n1. The second-order valence-corrected chi connectivity index (χ2v) is 3.34. The molecule has 0 aromatic carbocycles. The molecule has 0 radical (unpaired) electrons. The average Bonchev–Trinajstić information content (AvgIpc) is 2.75. The molecule has 2 heterocycles. The Morgan fingerprint density at radius 2 is 2.29 bits per heavy atom. The minimum absolute atomic E-state index is 0.0233. The minimum Gasteiger partial charge on any atom is -0.292 e. The van der Waals surface area contributed by atoms with Gasteiger partial charge in [0.1, 0.15) is 6.20 Å². The number of anilines is 1. The van der Waals surface area contributed by atoms with Gasteiger partial charge in [-0.25, -0.2) is 15.5 Å². The van der Waals surface area contributed by atoms with Crippen molar-refractivity contribution < 1.29 is 4.92 Å². The number of hydrogen-bond donors (Lipinski definition) is 2. The van der Waals surface area contributed by atoms with Crippen molar-refractivity contribution >= 4 is 23.2 Å². The fourth-order valence-electron chi connectivity index (χ4n) is 1.15. The third-order valence-corrected chi connectivity index (χ3v) is 2.04. The highest BCUT2D eigenvalue weighted by molar-refractivity contribution is 6.30. The number of nitrogen functional groups attached to an aromatic ring is 1. The first kappa shape index (κ1) is 11.2. The van der Waals surface area contributed by atoms with Crippen molar-refractivity contribution in [3.63, 3.8) is 0 Å². The maximum Gasteiger partial charge on any atom is 0.332 e. The van der Waals surface area contributed by atoms with Crippen LogP contribution < -0.4 is 11.3 Å². The lowest BCUT2D eigenvalue weighted by Crippen LogP contribution is -2.13. The topological polar surface area (TPSA) is 125 Å². The molecule has 0 aliphatic rings. The lowest BCUT2D eigenvalue weighted by atomic mass is 10.5. The molecular weight excluding hydrogens is 250 g/mol. The Hall–Kier alpha value is -2.26. The van der Waals surface area contributed by atoms with Crippen molar-refractivity contribution in [3.8, 4) is 5.82 Å². The summed E-state index contributed by atoms with van der Waals surface area (Å²) in [5, 5.41) is 15.0. The van der Waals surface area contributed by atoms with Gasteiger partial charge in [0, 0.05) is 0 Å². The van der Waals surface area contributed by atoms with Gasteiger partial charge in [0.05, 0.1) is 22.3 Å². The molecule has 17 heavy (non-hydrogen) atoms. The van der Waals surface area contributed by atoms with E-state index < -0.39 is 4.92 Å². The predicted octanol–water partition coefficient (Wildman–Crippen LogP) is 0.510. The molecule has 0 saturated heterocycles. The summed E-state index contributed by atoms with van der Waals surface area (Å²) in [5.41, 5.74) is 1.89. The summed E-state index contributed by atoms with van der Waals surface area (Å²) < 4.78 is 1.17. The highest BCUT2D eigenvalue weighted by Crippen LogP contribution is 2.21. The summed E-state index contributed by atoms with van der Waals surface area (Å²) in [6.45, 7) is 0. The molecule has 0 unspecified atom stereocenters. The standard InChI is InChI=1S/C7H6ClN7O2/c8-4-1-11-14(3-4)6-5(15(16)17)2-10-7(12-6)13-9/h1-3H,9H2,(H,10,12,13). The monoisotopic (exact) mass is 255 g/mol. The molecule has 0 bridgehead atoms. The van der Waals surface area contributed by atoms with Gasteiger partial charge in [0.25, 0.3) is 0 Å². The Balaban J connectivity index is 2.60. The molecule has 0 aliphatic carbocycles. The Labute approximate surface area is 99.4 Å².